The molecule has 1 aromatic carbocycles. The summed E-state index contributed by atoms with van der Waals surface area (Å²) in [6.45, 7) is 14.1. The third kappa shape index (κ3) is 13.2. The molecule has 0 saturated heterocycles. The number of hydrogen-bond acceptors (Lipinski definition) is 10. The molecule has 5 amide bonds. The van der Waals surface area contributed by atoms with E-state index in [1.165, 1.54) is 4.90 Å². The number of aromatic nitrogens is 1. The summed E-state index contributed by atoms with van der Waals surface area (Å²) in [5, 5.41) is 13.1. The van der Waals surface area contributed by atoms with Gasteiger partial charge in [0.05, 0.1) is 12.1 Å². The molecule has 0 fully saturated rings. The summed E-state index contributed by atoms with van der Waals surface area (Å²) >= 11 is 1.11. The molecule has 4 atom stereocenters. The number of urea groups is 1. The van der Waals surface area contributed by atoms with E-state index in [-0.39, 0.29) is 31.3 Å². The first-order valence-electron chi connectivity index (χ1n) is 19.4. The largest absolute Gasteiger partial charge is 0.350 e. The van der Waals surface area contributed by atoms with Crippen molar-refractivity contribution in [2.45, 2.75) is 111 Å². The van der Waals surface area contributed by atoms with Crippen LogP contribution in [0.2, 0.25) is 0 Å². The number of hydroxylamine groups is 2. The van der Waals surface area contributed by atoms with Crippen molar-refractivity contribution in [2.75, 3.05) is 38.0 Å². The molecule has 1 heterocycles. The van der Waals surface area contributed by atoms with Gasteiger partial charge in [-0.3, -0.25) is 23.5 Å². The van der Waals surface area contributed by atoms with Crippen LogP contribution < -0.4 is 25.6 Å². The van der Waals surface area contributed by atoms with Crippen molar-refractivity contribution < 1.29 is 28.3 Å². The SMILES string of the molecule is CCCCC(NC(=O)C(CC)N(CC)C(=O)C(NC(=O)NC(CN(C)OSN(C)c1ccccn1)C(C)(C)C)C1Cc2ccccc2C1)C(=O)C(=O)NCC. The Kier molecular flexibility index (Phi) is 17.9. The molecule has 14 nitrogen and oxygen atoms in total. The van der Waals surface area contributed by atoms with E-state index in [0.717, 1.165) is 35.6 Å². The number of pyridine rings is 1. The summed E-state index contributed by atoms with van der Waals surface area (Å²) in [6.07, 6.45) is 4.82. The summed E-state index contributed by atoms with van der Waals surface area (Å²) in [5.74, 6) is -1.91. The zero-order valence-corrected chi connectivity index (χ0v) is 34.8. The molecule has 4 unspecified atom stereocenters. The van der Waals surface area contributed by atoms with E-state index in [1.54, 1.807) is 43.4 Å². The number of ketones is 1. The highest BCUT2D eigenvalue weighted by Crippen LogP contribution is 2.30. The maximum Gasteiger partial charge on any atom is 0.315 e. The number of likely N-dealkylation sites (N-methyl/N-ethyl adjacent to an activating group) is 3. The number of amides is 5. The Balaban J connectivity index is 1.82. The van der Waals surface area contributed by atoms with Crippen LogP contribution in [0.4, 0.5) is 10.6 Å². The second-order valence-corrected chi connectivity index (χ2v) is 15.9. The van der Waals surface area contributed by atoms with E-state index in [2.05, 4.69) is 26.3 Å². The fourth-order valence-electron chi connectivity index (χ4n) is 6.67. The third-order valence-electron chi connectivity index (χ3n) is 9.87. The molecular formula is C40H62N8O6S. The number of fused-ring (bicyclic) bond motifs is 1. The first-order chi connectivity index (χ1) is 26.1. The normalized spacial score (nSPS) is 14.9. The number of Topliss-reactive ketones (excluding diaryl/α,β-unsaturated/α-hetero) is 1. The lowest BCUT2D eigenvalue weighted by molar-refractivity contribution is -0.144. The van der Waals surface area contributed by atoms with Crippen LogP contribution in [0.5, 0.6) is 0 Å². The highest BCUT2D eigenvalue weighted by Gasteiger charge is 2.41. The maximum atomic E-state index is 14.7. The predicted octanol–water partition coefficient (Wildman–Crippen LogP) is 4.45. The standard InChI is InChI=1S/C40H62N8O6S/c1-10-14-21-30(35(49)37(51)41-12-3)43-36(50)31(11-2)48(13-4)38(52)34(29-24-27-19-15-16-20-28(27)25-29)45-39(53)44-32(40(5,6)7)26-46(8)54-55-47(9)33-22-17-18-23-42-33/h15-20,22-23,29-32,34H,10-14,21,24-26H2,1-9H3,(H,41,51)(H,43,50)(H2,44,45,53). The summed E-state index contributed by atoms with van der Waals surface area (Å²) in [6, 6.07) is 9.78. The van der Waals surface area contributed by atoms with E-state index in [0.29, 0.717) is 32.2 Å². The molecule has 0 spiro atoms. The summed E-state index contributed by atoms with van der Waals surface area (Å²) in [4.78, 5) is 73.9. The molecule has 304 valence electrons. The fourth-order valence-corrected chi connectivity index (χ4v) is 7.13. The number of anilines is 1. The second-order valence-electron chi connectivity index (χ2n) is 15.1. The third-order valence-corrected chi connectivity index (χ3v) is 10.6. The second kappa shape index (κ2) is 21.8. The van der Waals surface area contributed by atoms with Crippen LogP contribution in [0, 0.1) is 11.3 Å². The van der Waals surface area contributed by atoms with Crippen LogP contribution in [0.1, 0.15) is 85.3 Å². The van der Waals surface area contributed by atoms with Gasteiger partial charge in [-0.1, -0.05) is 77.8 Å². The molecule has 1 aromatic heterocycles. The minimum atomic E-state index is -1.02. The van der Waals surface area contributed by atoms with Gasteiger partial charge in [-0.05, 0) is 74.1 Å². The summed E-state index contributed by atoms with van der Waals surface area (Å²) in [5.41, 5.74) is 1.83. The van der Waals surface area contributed by atoms with Gasteiger partial charge in [-0.15, -0.1) is 0 Å². The Bertz CT molecular complexity index is 1550. The number of hydrogen-bond donors (Lipinski definition) is 4. The quantitative estimate of drug-likeness (QED) is 0.0616. The van der Waals surface area contributed by atoms with Gasteiger partial charge in [0.2, 0.25) is 17.6 Å². The monoisotopic (exact) mass is 782 g/mol. The van der Waals surface area contributed by atoms with Crippen molar-refractivity contribution in [3.63, 3.8) is 0 Å². The van der Waals surface area contributed by atoms with Crippen LogP contribution in [0.15, 0.2) is 48.7 Å². The van der Waals surface area contributed by atoms with Gasteiger partial charge < -0.3 is 26.2 Å². The van der Waals surface area contributed by atoms with E-state index < -0.39 is 53.2 Å². The van der Waals surface area contributed by atoms with Crippen molar-refractivity contribution in [1.29, 1.82) is 0 Å². The Labute approximate surface area is 331 Å². The molecule has 55 heavy (non-hydrogen) atoms. The van der Waals surface area contributed by atoms with Gasteiger partial charge in [-0.2, -0.15) is 5.06 Å². The Morgan fingerprint density at radius 3 is 2.13 bits per heavy atom. The molecule has 0 aliphatic heterocycles. The van der Waals surface area contributed by atoms with Gasteiger partial charge in [0.1, 0.15) is 30.1 Å². The Morgan fingerprint density at radius 2 is 1.58 bits per heavy atom. The van der Waals surface area contributed by atoms with Crippen molar-refractivity contribution in [1.82, 2.24) is 36.2 Å². The number of carbonyl (C=O) groups excluding carboxylic acids is 5. The lowest BCUT2D eigenvalue weighted by Crippen LogP contribution is -2.61. The lowest BCUT2D eigenvalue weighted by Gasteiger charge is -2.37. The minimum absolute atomic E-state index is 0.186. The predicted molar refractivity (Wildman–Crippen MR) is 217 cm³/mol. The lowest BCUT2D eigenvalue weighted by atomic mass is 9.86. The summed E-state index contributed by atoms with van der Waals surface area (Å²) < 4.78 is 7.71. The zero-order valence-electron chi connectivity index (χ0n) is 34.0. The van der Waals surface area contributed by atoms with Crippen molar-refractivity contribution >= 4 is 47.6 Å². The maximum absolute atomic E-state index is 14.7. The number of rotatable bonds is 21. The number of benzene rings is 1. The molecule has 1 aliphatic carbocycles. The van der Waals surface area contributed by atoms with Crippen molar-refractivity contribution in [2.24, 2.45) is 11.3 Å². The Morgan fingerprint density at radius 1 is 0.927 bits per heavy atom. The van der Waals surface area contributed by atoms with Crippen LogP contribution in [-0.2, 0) is 36.3 Å². The van der Waals surface area contributed by atoms with Crippen LogP contribution in [0.3, 0.4) is 0 Å². The smallest absolute Gasteiger partial charge is 0.315 e. The van der Waals surface area contributed by atoms with Gasteiger partial charge in [-0.25, -0.2) is 14.1 Å². The first-order valence-corrected chi connectivity index (χ1v) is 20.1. The molecular weight excluding hydrogens is 721 g/mol. The van der Waals surface area contributed by atoms with Crippen LogP contribution in [0.25, 0.3) is 0 Å². The average Bonchev–Trinajstić information content (AvgIpc) is 3.60. The number of nitrogens with one attached hydrogen (secondary N) is 4. The van der Waals surface area contributed by atoms with Gasteiger partial charge in [0, 0.05) is 39.9 Å². The van der Waals surface area contributed by atoms with E-state index >= 15 is 0 Å². The van der Waals surface area contributed by atoms with Gasteiger partial charge in [0.15, 0.2) is 0 Å². The zero-order chi connectivity index (χ0) is 40.7. The van der Waals surface area contributed by atoms with E-state index in [1.807, 2.05) is 77.2 Å². The minimum Gasteiger partial charge on any atom is -0.350 e. The summed E-state index contributed by atoms with van der Waals surface area (Å²) in [7, 11) is 3.63. The number of nitrogens with zero attached hydrogens (tertiary/aromatic N) is 4. The number of unbranched alkanes of at least 4 members (excludes halogenated alkanes) is 1. The fraction of sp³-hybridized carbons (Fsp3) is 0.600. The molecule has 0 radical (unpaired) electrons. The van der Waals surface area contributed by atoms with Crippen LogP contribution in [-0.4, -0.2) is 102 Å². The van der Waals surface area contributed by atoms with Crippen molar-refractivity contribution in [3.8, 4) is 0 Å². The van der Waals surface area contributed by atoms with E-state index in [9.17, 15) is 24.0 Å². The average molecular weight is 783 g/mol. The molecule has 3 rings (SSSR count). The molecule has 1 aliphatic rings. The first kappa shape index (κ1) is 45.2. The van der Waals surface area contributed by atoms with Crippen molar-refractivity contribution in [3.05, 3.63) is 59.8 Å². The molecule has 0 saturated carbocycles. The van der Waals surface area contributed by atoms with Gasteiger partial charge in [0.25, 0.3) is 5.91 Å². The molecule has 2 aromatic rings. The molecule has 15 heteroatoms. The highest BCUT2D eigenvalue weighted by atomic mass is 32.2. The number of carbonyl (C=O) groups is 5. The van der Waals surface area contributed by atoms with Gasteiger partial charge >= 0.3 is 6.03 Å². The Hall–Kier alpha value is -4.21. The molecule has 0 bridgehead atoms. The topological polar surface area (TPSA) is 165 Å². The highest BCUT2D eigenvalue weighted by molar-refractivity contribution is 7.96. The van der Waals surface area contributed by atoms with E-state index in [4.69, 9.17) is 4.28 Å². The van der Waals surface area contributed by atoms with Crippen LogP contribution >= 0.6 is 12.2 Å². The molecule has 4 N–H and O–H groups in total.